The molecule has 0 fully saturated rings. The summed E-state index contributed by atoms with van der Waals surface area (Å²) in [6.07, 6.45) is 2.94. The van der Waals surface area contributed by atoms with Crippen LogP contribution in [0.5, 0.6) is 23.0 Å². The number of imidazole rings is 2. The summed E-state index contributed by atoms with van der Waals surface area (Å²) >= 11 is -3.24. The number of aromatic nitrogens is 6. The van der Waals surface area contributed by atoms with Gasteiger partial charge in [0.25, 0.3) is 0 Å². The number of aromatic amines is 2. The van der Waals surface area contributed by atoms with Gasteiger partial charge in [0, 0.05) is 69.1 Å². The van der Waals surface area contributed by atoms with Crippen LogP contribution in [0.3, 0.4) is 0 Å². The van der Waals surface area contributed by atoms with Crippen molar-refractivity contribution in [2.24, 2.45) is 0 Å². The van der Waals surface area contributed by atoms with Gasteiger partial charge < -0.3 is 28.1 Å². The smallest absolute Gasteiger partial charge is 0.322 e. The zero-order chi connectivity index (χ0) is 44.5. The topological polar surface area (TPSA) is 166 Å². The van der Waals surface area contributed by atoms with E-state index in [0.29, 0.717) is 55.7 Å². The molecule has 4 heterocycles. The maximum absolute atomic E-state index is 12.8. The van der Waals surface area contributed by atoms with Crippen LogP contribution in [0.1, 0.15) is 50.1 Å². The van der Waals surface area contributed by atoms with E-state index in [9.17, 15) is 9.11 Å². The van der Waals surface area contributed by atoms with Crippen molar-refractivity contribution in [2.45, 2.75) is 49.5 Å². The summed E-state index contributed by atoms with van der Waals surface area (Å²) in [5.74, 6) is 0.591. The minimum absolute atomic E-state index is 0. The molecule has 49 heavy (non-hydrogen) atoms. The Hall–Kier alpha value is -3.73. The van der Waals surface area contributed by atoms with Gasteiger partial charge in [0.1, 0.15) is 23.0 Å². The number of hydrogen-bond acceptors (Lipinski definition) is 10. The molecular weight excluding hydrogens is 677 g/mol. The first kappa shape index (κ1) is 24.4. The summed E-state index contributed by atoms with van der Waals surface area (Å²) in [7, 11) is -10.4. The van der Waals surface area contributed by atoms with E-state index in [1.54, 1.807) is 39.8 Å². The van der Waals surface area contributed by atoms with Crippen LogP contribution < -0.4 is 18.9 Å². The largest absolute Gasteiger partial charge is 0.609 e. The van der Waals surface area contributed by atoms with Crippen LogP contribution in [-0.4, -0.2) is 90.2 Å². The fraction of sp³-hybridized carbons (Fsp3) is 0.294. The highest BCUT2D eigenvalue weighted by atomic mass is 32.2. The number of methoxy groups -OCH3 is 4. The lowest BCUT2D eigenvalue weighted by molar-refractivity contribution is 0.407. The van der Waals surface area contributed by atoms with Crippen molar-refractivity contribution in [1.82, 2.24) is 29.9 Å². The Morgan fingerprint density at radius 1 is 0.653 bits per heavy atom. The maximum Gasteiger partial charge on any atom is 0.322 e. The Morgan fingerprint density at radius 3 is 1.45 bits per heavy atom. The molecule has 0 unspecified atom stereocenters. The van der Waals surface area contributed by atoms with Gasteiger partial charge >= 0.3 is 33.4 Å². The van der Waals surface area contributed by atoms with Crippen molar-refractivity contribution in [2.75, 3.05) is 28.2 Å². The van der Waals surface area contributed by atoms with Crippen LogP contribution in [0.15, 0.2) is 59.1 Å². The van der Waals surface area contributed by atoms with E-state index in [2.05, 4.69) is 29.9 Å². The number of aryl methyl sites for hydroxylation is 2. The van der Waals surface area contributed by atoms with Crippen LogP contribution in [0, 0.1) is 27.7 Å². The molecule has 0 radical (unpaired) electrons. The standard InChI is InChI=1S/2C17H19N3O3S.Mg.2H/c2*1-10-8-18-15(11(2)16(10)23-4)9-24(21)17-19-13-6-5-12(22-3)7-14(13)20-17;;;/h2*5-8H,9H2,1-4H3,(H,19,20);;;/t2*24-;;;/m00.../s1/i2*3D3,4D3;;;. The number of H-pyrrole nitrogens is 2. The Labute approximate surface area is 324 Å². The number of fused-ring (bicyclic) bond motifs is 2. The highest BCUT2D eigenvalue weighted by molar-refractivity contribution is 7.90. The molecule has 2 aromatic carbocycles. The van der Waals surface area contributed by atoms with Crippen molar-refractivity contribution in [3.63, 3.8) is 0 Å². The maximum atomic E-state index is 12.8. The van der Waals surface area contributed by atoms with Gasteiger partial charge in [-0.1, -0.05) is 0 Å². The quantitative estimate of drug-likeness (QED) is 0.147. The normalized spacial score (nSPS) is 16.8. The first-order chi connectivity index (χ1) is 27.6. The SMILES string of the molecule is [2H]C([2H])([2H])Oc1ccc2[nH]c([S@@+]([O-])Cc3ncc(C)c(OC([2H])([2H])[2H])c3C)nc2c1.[2H]C([2H])([2H])Oc1ccc2[nH]c([S@@+]([O-])Cc3ncc(C)c(OC([2H])([2H])[2H])c3C)nc2c1.[MgH2]. The highest BCUT2D eigenvalue weighted by Gasteiger charge is 2.23. The Kier molecular flexibility index (Phi) is 8.36. The molecule has 0 aliphatic rings. The van der Waals surface area contributed by atoms with Crippen molar-refractivity contribution in [3.8, 4) is 23.0 Å². The van der Waals surface area contributed by atoms with Crippen molar-refractivity contribution < 1.29 is 44.5 Å². The van der Waals surface area contributed by atoms with E-state index in [0.717, 1.165) is 0 Å². The van der Waals surface area contributed by atoms with Crippen LogP contribution in [0.2, 0.25) is 0 Å². The minimum Gasteiger partial charge on any atom is -0.609 e. The monoisotopic (exact) mass is 728 g/mol. The van der Waals surface area contributed by atoms with E-state index < -0.39 is 50.5 Å². The van der Waals surface area contributed by atoms with Gasteiger partial charge in [-0.15, -0.1) is 0 Å². The number of ether oxygens (including phenoxy) is 4. The van der Waals surface area contributed by atoms with E-state index in [-0.39, 0.29) is 67.9 Å². The molecule has 2 atom stereocenters. The number of hydrogen-bond donors (Lipinski definition) is 2. The van der Waals surface area contributed by atoms with Gasteiger partial charge in [-0.2, -0.15) is 9.97 Å². The van der Waals surface area contributed by atoms with Gasteiger partial charge in [-0.3, -0.25) is 19.9 Å². The molecule has 0 amide bonds. The summed E-state index contributed by atoms with van der Waals surface area (Å²) in [5, 5.41) is 0.354. The molecule has 4 aromatic heterocycles. The van der Waals surface area contributed by atoms with Gasteiger partial charge in [0.15, 0.2) is 11.5 Å². The summed E-state index contributed by atoms with van der Waals surface area (Å²) in [6.45, 7) is 6.68. The number of benzene rings is 2. The van der Waals surface area contributed by atoms with Gasteiger partial charge in [0.2, 0.25) is 0 Å². The van der Waals surface area contributed by atoms with Gasteiger partial charge in [0.05, 0.1) is 78.1 Å². The number of pyridine rings is 2. The van der Waals surface area contributed by atoms with E-state index >= 15 is 0 Å². The minimum atomic E-state index is -2.61. The van der Waals surface area contributed by atoms with Crippen LogP contribution in [0.4, 0.5) is 0 Å². The lowest BCUT2D eigenvalue weighted by Gasteiger charge is -2.13. The predicted octanol–water partition coefficient (Wildman–Crippen LogP) is 4.88. The summed E-state index contributed by atoms with van der Waals surface area (Å²) < 4.78 is 132. The molecule has 12 nitrogen and oxygen atoms in total. The Balaban J connectivity index is 0.000000264. The van der Waals surface area contributed by atoms with Crippen LogP contribution in [-0.2, 0) is 33.9 Å². The lowest BCUT2D eigenvalue weighted by Crippen LogP contribution is -2.10. The van der Waals surface area contributed by atoms with E-state index in [4.69, 9.17) is 35.4 Å². The molecule has 2 N–H and O–H groups in total. The zero-order valence-electron chi connectivity index (χ0n) is 38.1. The Morgan fingerprint density at radius 2 is 1.06 bits per heavy atom. The number of nitrogens with one attached hydrogen (secondary N) is 2. The van der Waals surface area contributed by atoms with E-state index in [1.807, 2.05) is 0 Å². The molecule has 0 aliphatic carbocycles. The fourth-order valence-electron chi connectivity index (χ4n) is 4.77. The van der Waals surface area contributed by atoms with Crippen LogP contribution >= 0.6 is 0 Å². The molecule has 0 bridgehead atoms. The average molecular weight is 729 g/mol. The summed E-state index contributed by atoms with van der Waals surface area (Å²) in [6, 6.07) is 9.00. The zero-order valence-corrected chi connectivity index (χ0v) is 27.7. The predicted molar refractivity (Wildman–Crippen MR) is 195 cm³/mol. The third kappa shape index (κ3) is 8.53. The number of nitrogens with zero attached hydrogens (tertiary/aromatic N) is 4. The second-order valence-corrected chi connectivity index (χ2v) is 13.2. The van der Waals surface area contributed by atoms with Gasteiger partial charge in [-0.05, 0) is 52.0 Å². The molecule has 256 valence electrons. The average Bonchev–Trinajstić information content (AvgIpc) is 3.73. The highest BCUT2D eigenvalue weighted by Crippen LogP contribution is 2.29. The molecule has 0 spiro atoms. The second-order valence-electron chi connectivity index (χ2n) is 10.5. The third-order valence-electron chi connectivity index (χ3n) is 7.36. The molecule has 6 aromatic rings. The molecule has 15 heteroatoms. The molecule has 0 saturated carbocycles. The van der Waals surface area contributed by atoms with Crippen molar-refractivity contribution in [1.29, 1.82) is 0 Å². The lowest BCUT2D eigenvalue weighted by atomic mass is 10.1. The molecule has 6 rings (SSSR count). The molecule has 0 saturated heterocycles. The van der Waals surface area contributed by atoms with Crippen molar-refractivity contribution >= 4 is 67.5 Å². The first-order valence-electron chi connectivity index (χ1n) is 20.1. The molecule has 0 aliphatic heterocycles. The van der Waals surface area contributed by atoms with Crippen molar-refractivity contribution in [3.05, 3.63) is 82.4 Å². The summed E-state index contributed by atoms with van der Waals surface area (Å²) in [4.78, 5) is 22.9. The second kappa shape index (κ2) is 16.8. The Bertz CT molecular complexity index is 2310. The summed E-state index contributed by atoms with van der Waals surface area (Å²) in [5.41, 5.74) is 4.88. The van der Waals surface area contributed by atoms with Gasteiger partial charge in [-0.25, -0.2) is 0 Å². The fourth-order valence-corrected chi connectivity index (χ4v) is 6.97. The van der Waals surface area contributed by atoms with E-state index in [1.165, 1.54) is 36.7 Å². The van der Waals surface area contributed by atoms with Crippen LogP contribution in [0.25, 0.3) is 22.1 Å². The molecular formula is C34H40MgN6O6S2. The first-order valence-corrected chi connectivity index (χ1v) is 16.7. The number of rotatable bonds is 10. The third-order valence-corrected chi connectivity index (χ3v) is 9.68.